The third-order valence-electron chi connectivity index (χ3n) is 3.82. The Labute approximate surface area is 189 Å². The van der Waals surface area contributed by atoms with Crippen LogP contribution in [0.25, 0.3) is 0 Å². The Morgan fingerprint density at radius 3 is 2.40 bits per heavy atom. The molecule has 0 saturated carbocycles. The highest BCUT2D eigenvalue weighted by Gasteiger charge is 2.38. The van der Waals surface area contributed by atoms with Gasteiger partial charge in [0.05, 0.1) is 11.8 Å². The molecule has 0 saturated heterocycles. The van der Waals surface area contributed by atoms with E-state index in [1.54, 1.807) is 36.4 Å². The van der Waals surface area contributed by atoms with Crippen LogP contribution in [0.3, 0.4) is 0 Å². The molecule has 4 nitrogen and oxygen atoms in total. The Kier molecular flexibility index (Phi) is 7.23. The zero-order valence-electron chi connectivity index (χ0n) is 15.3. The van der Waals surface area contributed by atoms with Crippen LogP contribution in [-0.2, 0) is 24.7 Å². The normalized spacial score (nSPS) is 12.0. The van der Waals surface area contributed by atoms with Crippen molar-refractivity contribution >= 4 is 52.8 Å². The zero-order valence-corrected chi connectivity index (χ0v) is 18.3. The summed E-state index contributed by atoms with van der Waals surface area (Å²) in [7, 11) is 1.43. The molecule has 1 heterocycles. The zero-order chi connectivity index (χ0) is 21.9. The van der Waals surface area contributed by atoms with Gasteiger partial charge in [0.2, 0.25) is 0 Å². The molecule has 30 heavy (non-hydrogen) atoms. The molecule has 0 N–H and O–H groups in total. The Morgan fingerprint density at radius 1 is 1.10 bits per heavy atom. The van der Waals surface area contributed by atoms with Crippen LogP contribution in [0, 0.1) is 0 Å². The fourth-order valence-corrected chi connectivity index (χ4v) is 3.94. The summed E-state index contributed by atoms with van der Waals surface area (Å²) in [5.74, 6) is 0. The molecular weight excluding hydrogens is 482 g/mol. The number of hydrogen-bond donors (Lipinski definition) is 0. The van der Waals surface area contributed by atoms with Gasteiger partial charge < -0.3 is 4.84 Å². The molecule has 0 amide bonds. The maximum atomic E-state index is 13.5. The average Bonchev–Trinajstić information content (AvgIpc) is 2.98. The van der Waals surface area contributed by atoms with Crippen LogP contribution in [0.2, 0.25) is 15.1 Å². The standard InChI is InChI=1S/C19H13Cl3F3N3OS/c1-28-18(30-14-6-4-12(20)5-7-14)15(17(27-28)19(23,24)25)9-26-29-10-11-2-3-13(21)8-16(11)22/h2-9H,10H2,1H3/b26-9-. The summed E-state index contributed by atoms with van der Waals surface area (Å²) in [5, 5.41) is 8.92. The Morgan fingerprint density at radius 2 is 1.77 bits per heavy atom. The van der Waals surface area contributed by atoms with E-state index in [4.69, 9.17) is 39.6 Å². The first-order chi connectivity index (χ1) is 14.1. The van der Waals surface area contributed by atoms with Crippen molar-refractivity contribution in [3.05, 3.63) is 74.4 Å². The van der Waals surface area contributed by atoms with Crippen molar-refractivity contribution in [2.45, 2.75) is 22.7 Å². The molecule has 0 aliphatic heterocycles. The van der Waals surface area contributed by atoms with Crippen molar-refractivity contribution in [1.29, 1.82) is 0 Å². The molecule has 1 aromatic heterocycles. The minimum Gasteiger partial charge on any atom is -0.391 e. The number of hydrogen-bond acceptors (Lipinski definition) is 4. The van der Waals surface area contributed by atoms with E-state index in [9.17, 15) is 13.2 Å². The summed E-state index contributed by atoms with van der Waals surface area (Å²) >= 11 is 18.9. The van der Waals surface area contributed by atoms with Crippen LogP contribution in [0.15, 0.2) is 57.5 Å². The molecule has 11 heteroatoms. The van der Waals surface area contributed by atoms with Crippen molar-refractivity contribution in [2.75, 3.05) is 0 Å². The van der Waals surface area contributed by atoms with Gasteiger partial charge in [0.15, 0.2) is 5.69 Å². The summed E-state index contributed by atoms with van der Waals surface area (Å²) in [4.78, 5) is 5.85. The average molecular weight is 495 g/mol. The predicted molar refractivity (Wildman–Crippen MR) is 113 cm³/mol. The van der Waals surface area contributed by atoms with Gasteiger partial charge in [-0.1, -0.05) is 57.8 Å². The van der Waals surface area contributed by atoms with Crippen molar-refractivity contribution in [1.82, 2.24) is 9.78 Å². The molecule has 0 bridgehead atoms. The van der Waals surface area contributed by atoms with Gasteiger partial charge in [0.25, 0.3) is 0 Å². The highest BCUT2D eigenvalue weighted by Crippen LogP contribution is 2.37. The van der Waals surface area contributed by atoms with Gasteiger partial charge in [-0.15, -0.1) is 0 Å². The summed E-state index contributed by atoms with van der Waals surface area (Å²) < 4.78 is 41.5. The molecule has 3 rings (SSSR count). The van der Waals surface area contributed by atoms with Crippen LogP contribution < -0.4 is 0 Å². The van der Waals surface area contributed by atoms with Crippen LogP contribution in [-0.4, -0.2) is 16.0 Å². The van der Waals surface area contributed by atoms with E-state index in [0.717, 1.165) is 22.7 Å². The van der Waals surface area contributed by atoms with Crippen molar-refractivity contribution < 1.29 is 18.0 Å². The lowest BCUT2D eigenvalue weighted by Crippen LogP contribution is -2.09. The van der Waals surface area contributed by atoms with Gasteiger partial charge in [0, 0.05) is 32.6 Å². The van der Waals surface area contributed by atoms with Crippen LogP contribution >= 0.6 is 46.6 Å². The predicted octanol–water partition coefficient (Wildman–Crippen LogP) is 7.10. The van der Waals surface area contributed by atoms with Gasteiger partial charge in [-0.2, -0.15) is 18.3 Å². The maximum absolute atomic E-state index is 13.5. The molecule has 0 spiro atoms. The molecule has 3 aromatic rings. The topological polar surface area (TPSA) is 39.4 Å². The van der Waals surface area contributed by atoms with E-state index in [2.05, 4.69) is 10.3 Å². The molecule has 0 aliphatic rings. The highest BCUT2D eigenvalue weighted by molar-refractivity contribution is 7.99. The molecule has 0 fully saturated rings. The molecule has 0 aliphatic carbocycles. The number of benzene rings is 2. The molecule has 0 atom stereocenters. The number of nitrogens with zero attached hydrogens (tertiary/aromatic N) is 3. The van der Waals surface area contributed by atoms with E-state index >= 15 is 0 Å². The third kappa shape index (κ3) is 5.63. The number of halogens is 6. The van der Waals surface area contributed by atoms with Crippen molar-refractivity contribution in [2.24, 2.45) is 12.2 Å². The summed E-state index contributed by atoms with van der Waals surface area (Å²) in [5.41, 5.74) is -0.665. The van der Waals surface area contributed by atoms with Crippen LogP contribution in [0.1, 0.15) is 16.8 Å². The smallest absolute Gasteiger partial charge is 0.391 e. The van der Waals surface area contributed by atoms with Crippen LogP contribution in [0.4, 0.5) is 13.2 Å². The second-order valence-corrected chi connectivity index (χ2v) is 8.33. The van der Waals surface area contributed by atoms with Gasteiger partial charge >= 0.3 is 6.18 Å². The number of oxime groups is 1. The van der Waals surface area contributed by atoms with E-state index in [1.165, 1.54) is 13.1 Å². The van der Waals surface area contributed by atoms with Crippen molar-refractivity contribution in [3.8, 4) is 0 Å². The quantitative estimate of drug-likeness (QED) is 0.271. The Balaban J connectivity index is 1.85. The third-order valence-corrected chi connectivity index (χ3v) is 5.84. The van der Waals surface area contributed by atoms with Gasteiger partial charge in [-0.05, 0) is 36.4 Å². The molecular formula is C19H13Cl3F3N3OS. The highest BCUT2D eigenvalue weighted by atomic mass is 35.5. The Bertz CT molecular complexity index is 1070. The monoisotopic (exact) mass is 493 g/mol. The van der Waals surface area contributed by atoms with Gasteiger partial charge in [0.1, 0.15) is 11.6 Å². The van der Waals surface area contributed by atoms with E-state index in [1.807, 2.05) is 0 Å². The first kappa shape index (κ1) is 22.8. The second kappa shape index (κ2) is 9.51. The maximum Gasteiger partial charge on any atom is 0.435 e. The SMILES string of the molecule is Cn1nc(C(F)(F)F)c(/C=N\OCc2ccc(Cl)cc2Cl)c1Sc1ccc(Cl)cc1. The largest absolute Gasteiger partial charge is 0.435 e. The minimum absolute atomic E-state index is 0.0340. The Hall–Kier alpha value is -1.87. The fraction of sp³-hybridized carbons (Fsp3) is 0.158. The van der Waals surface area contributed by atoms with Crippen LogP contribution in [0.5, 0.6) is 0 Å². The summed E-state index contributed by atoms with van der Waals surface area (Å²) in [6, 6.07) is 11.5. The number of alkyl halides is 3. The number of aromatic nitrogens is 2. The van der Waals surface area contributed by atoms with Crippen molar-refractivity contribution in [3.63, 3.8) is 0 Å². The van der Waals surface area contributed by atoms with Gasteiger partial charge in [-0.25, -0.2) is 0 Å². The fourth-order valence-electron chi connectivity index (χ4n) is 2.42. The second-order valence-electron chi connectivity index (χ2n) is 5.99. The number of rotatable bonds is 6. The van der Waals surface area contributed by atoms with Gasteiger partial charge in [-0.3, -0.25) is 4.68 Å². The first-order valence-electron chi connectivity index (χ1n) is 8.32. The molecule has 0 radical (unpaired) electrons. The number of aryl methyl sites for hydroxylation is 1. The van der Waals surface area contributed by atoms with E-state index in [0.29, 0.717) is 25.5 Å². The van der Waals surface area contributed by atoms with E-state index < -0.39 is 11.9 Å². The summed E-state index contributed by atoms with van der Waals surface area (Å²) in [6.45, 7) is -0.0340. The minimum atomic E-state index is -4.66. The molecule has 2 aromatic carbocycles. The lowest BCUT2D eigenvalue weighted by Gasteiger charge is -2.06. The molecule has 0 unspecified atom stereocenters. The molecule has 158 valence electrons. The van der Waals surface area contributed by atoms with E-state index in [-0.39, 0.29) is 17.2 Å². The summed E-state index contributed by atoms with van der Waals surface area (Å²) in [6.07, 6.45) is -3.66. The lowest BCUT2D eigenvalue weighted by molar-refractivity contribution is -0.141. The lowest BCUT2D eigenvalue weighted by atomic mass is 10.2. The first-order valence-corrected chi connectivity index (χ1v) is 10.3.